The largest absolute Gasteiger partial charge is 0.382 e. The van der Waals surface area contributed by atoms with Gasteiger partial charge in [-0.25, -0.2) is 0 Å². The maximum Gasteiger partial charge on any atom is 0.292 e. The van der Waals surface area contributed by atoms with E-state index in [4.69, 9.17) is 0 Å². The van der Waals surface area contributed by atoms with Gasteiger partial charge in [0.15, 0.2) is 0 Å². The summed E-state index contributed by atoms with van der Waals surface area (Å²) in [5, 5.41) is 14.1. The first kappa shape index (κ1) is 14.8. The van der Waals surface area contributed by atoms with Gasteiger partial charge in [-0.3, -0.25) is 15.0 Å². The van der Waals surface area contributed by atoms with E-state index in [1.165, 1.54) is 19.3 Å². The Morgan fingerprint density at radius 3 is 2.55 bits per heavy atom. The summed E-state index contributed by atoms with van der Waals surface area (Å²) in [7, 11) is 1.74. The van der Waals surface area contributed by atoms with Crippen molar-refractivity contribution >= 4 is 11.4 Å². The van der Waals surface area contributed by atoms with Gasteiger partial charge in [-0.1, -0.05) is 18.6 Å². The molecule has 0 bridgehead atoms. The third kappa shape index (κ3) is 2.93. The van der Waals surface area contributed by atoms with Crippen LogP contribution in [-0.2, 0) is 6.54 Å². The van der Waals surface area contributed by atoms with Crippen LogP contribution in [0.4, 0.5) is 11.4 Å². The van der Waals surface area contributed by atoms with Gasteiger partial charge in [-0.2, -0.15) is 0 Å². The number of piperidine rings is 1. The Hall–Kier alpha value is -1.62. The van der Waals surface area contributed by atoms with E-state index in [-0.39, 0.29) is 10.6 Å². The Labute approximate surface area is 120 Å². The lowest BCUT2D eigenvalue weighted by molar-refractivity contribution is -0.384. The molecule has 0 spiro atoms. The van der Waals surface area contributed by atoms with Crippen molar-refractivity contribution in [2.45, 2.75) is 51.7 Å². The highest BCUT2D eigenvalue weighted by Gasteiger charge is 2.26. The number of nitrogens with one attached hydrogen (secondary N) is 1. The van der Waals surface area contributed by atoms with Crippen LogP contribution in [0.5, 0.6) is 0 Å². The Balaban J connectivity index is 2.28. The number of nitro benzene ring substituents is 1. The lowest BCUT2D eigenvalue weighted by Crippen LogP contribution is -2.43. The van der Waals surface area contributed by atoms with Crippen molar-refractivity contribution in [2.24, 2.45) is 0 Å². The second-order valence-electron chi connectivity index (χ2n) is 5.62. The molecule has 0 unspecified atom stereocenters. The molecule has 0 aliphatic carbocycles. The van der Waals surface area contributed by atoms with Gasteiger partial charge in [-0.05, 0) is 32.3 Å². The van der Waals surface area contributed by atoms with Crippen molar-refractivity contribution < 1.29 is 4.92 Å². The molecule has 5 heteroatoms. The molecule has 1 aromatic rings. The molecule has 1 saturated heterocycles. The van der Waals surface area contributed by atoms with Crippen LogP contribution >= 0.6 is 0 Å². The molecule has 2 rings (SSSR count). The van der Waals surface area contributed by atoms with Crippen LogP contribution in [0.15, 0.2) is 18.2 Å². The monoisotopic (exact) mass is 277 g/mol. The highest BCUT2D eigenvalue weighted by Crippen LogP contribution is 2.31. The summed E-state index contributed by atoms with van der Waals surface area (Å²) in [6, 6.07) is 6.37. The molecule has 1 aliphatic heterocycles. The maximum atomic E-state index is 11.1. The minimum absolute atomic E-state index is 0.155. The number of nitro groups is 1. The van der Waals surface area contributed by atoms with Crippen LogP contribution in [0.2, 0.25) is 0 Å². The number of likely N-dealkylation sites (tertiary alicyclic amines) is 1. The number of rotatable bonds is 4. The van der Waals surface area contributed by atoms with Crippen LogP contribution in [-0.4, -0.2) is 29.0 Å². The van der Waals surface area contributed by atoms with E-state index < -0.39 is 0 Å². The molecule has 0 radical (unpaired) electrons. The first-order valence-electron chi connectivity index (χ1n) is 7.24. The molecule has 1 heterocycles. The summed E-state index contributed by atoms with van der Waals surface area (Å²) < 4.78 is 0. The first-order valence-corrected chi connectivity index (χ1v) is 7.24. The van der Waals surface area contributed by atoms with Gasteiger partial charge < -0.3 is 5.32 Å². The van der Waals surface area contributed by atoms with Crippen molar-refractivity contribution in [3.05, 3.63) is 33.9 Å². The minimum atomic E-state index is -0.321. The van der Waals surface area contributed by atoms with E-state index in [2.05, 4.69) is 24.1 Å². The molecular weight excluding hydrogens is 254 g/mol. The third-order valence-electron chi connectivity index (χ3n) is 4.30. The summed E-state index contributed by atoms with van der Waals surface area (Å²) in [5.41, 5.74) is 1.80. The summed E-state index contributed by atoms with van der Waals surface area (Å²) in [4.78, 5) is 13.2. The molecule has 1 aliphatic rings. The Morgan fingerprint density at radius 2 is 2.00 bits per heavy atom. The molecule has 0 aromatic heterocycles. The number of hydrogen-bond donors (Lipinski definition) is 1. The Morgan fingerprint density at radius 1 is 1.35 bits per heavy atom. The van der Waals surface area contributed by atoms with E-state index in [1.54, 1.807) is 19.2 Å². The van der Waals surface area contributed by atoms with Crippen LogP contribution in [0.3, 0.4) is 0 Å². The van der Waals surface area contributed by atoms with Crippen molar-refractivity contribution in [3.8, 4) is 0 Å². The number of nitrogens with zero attached hydrogens (tertiary/aromatic N) is 2. The predicted molar refractivity (Wildman–Crippen MR) is 81.0 cm³/mol. The number of anilines is 1. The smallest absolute Gasteiger partial charge is 0.292 e. The quantitative estimate of drug-likeness (QED) is 0.677. The van der Waals surface area contributed by atoms with Gasteiger partial charge in [0.05, 0.1) is 4.92 Å². The van der Waals surface area contributed by atoms with Gasteiger partial charge >= 0.3 is 0 Å². The van der Waals surface area contributed by atoms with Crippen LogP contribution in [0.25, 0.3) is 0 Å². The topological polar surface area (TPSA) is 58.4 Å². The summed E-state index contributed by atoms with van der Waals surface area (Å²) in [5.74, 6) is 0. The zero-order chi connectivity index (χ0) is 14.7. The fraction of sp³-hybridized carbons (Fsp3) is 0.600. The van der Waals surface area contributed by atoms with E-state index in [0.29, 0.717) is 17.8 Å². The molecule has 1 N–H and O–H groups in total. The minimum Gasteiger partial charge on any atom is -0.382 e. The zero-order valence-corrected chi connectivity index (χ0v) is 12.4. The third-order valence-corrected chi connectivity index (χ3v) is 4.30. The number of benzene rings is 1. The molecule has 1 fully saturated rings. The predicted octanol–water partition coefficient (Wildman–Crippen LogP) is 3.40. The molecule has 20 heavy (non-hydrogen) atoms. The summed E-state index contributed by atoms with van der Waals surface area (Å²) in [6.45, 7) is 5.25. The molecule has 0 saturated carbocycles. The van der Waals surface area contributed by atoms with E-state index in [1.807, 2.05) is 6.07 Å². The summed E-state index contributed by atoms with van der Waals surface area (Å²) in [6.07, 6.45) is 3.68. The van der Waals surface area contributed by atoms with Gasteiger partial charge in [0.25, 0.3) is 5.69 Å². The lowest BCUT2D eigenvalue weighted by Gasteiger charge is -2.39. The van der Waals surface area contributed by atoms with Crippen molar-refractivity contribution in [2.75, 3.05) is 12.4 Å². The molecule has 0 amide bonds. The van der Waals surface area contributed by atoms with Gasteiger partial charge in [0.2, 0.25) is 0 Å². The number of para-hydroxylation sites is 1. The SMILES string of the molecule is CNc1c(CN2[C@H](C)CCC[C@@H]2C)cccc1[N+](=O)[O-]. The van der Waals surface area contributed by atoms with Crippen LogP contribution < -0.4 is 5.32 Å². The number of hydrogen-bond acceptors (Lipinski definition) is 4. The standard InChI is InChI=1S/C15H23N3O2/c1-11-6-4-7-12(2)17(11)10-13-8-5-9-14(18(19)20)15(13)16-3/h5,8-9,11-12,16H,4,6-7,10H2,1-3H3/t11-,12+. The van der Waals surface area contributed by atoms with Crippen molar-refractivity contribution in [3.63, 3.8) is 0 Å². The molecular formula is C15H23N3O2. The molecule has 1 aromatic carbocycles. The zero-order valence-electron chi connectivity index (χ0n) is 12.4. The molecule has 110 valence electrons. The first-order chi connectivity index (χ1) is 9.54. The molecule has 5 nitrogen and oxygen atoms in total. The van der Waals surface area contributed by atoms with Crippen molar-refractivity contribution in [1.29, 1.82) is 0 Å². The van der Waals surface area contributed by atoms with E-state index in [0.717, 1.165) is 12.1 Å². The fourth-order valence-corrected chi connectivity index (χ4v) is 3.14. The van der Waals surface area contributed by atoms with Gasteiger partial charge in [-0.15, -0.1) is 0 Å². The average molecular weight is 277 g/mol. The normalized spacial score (nSPS) is 23.6. The summed E-state index contributed by atoms with van der Waals surface area (Å²) >= 11 is 0. The average Bonchev–Trinajstić information content (AvgIpc) is 2.42. The fourth-order valence-electron chi connectivity index (χ4n) is 3.14. The lowest BCUT2D eigenvalue weighted by atomic mass is 9.96. The van der Waals surface area contributed by atoms with E-state index in [9.17, 15) is 10.1 Å². The van der Waals surface area contributed by atoms with E-state index >= 15 is 0 Å². The van der Waals surface area contributed by atoms with Crippen LogP contribution in [0, 0.1) is 10.1 Å². The maximum absolute atomic E-state index is 11.1. The van der Waals surface area contributed by atoms with Gasteiger partial charge in [0.1, 0.15) is 5.69 Å². The second-order valence-corrected chi connectivity index (χ2v) is 5.62. The van der Waals surface area contributed by atoms with Gasteiger partial charge in [0, 0.05) is 31.7 Å². The second kappa shape index (κ2) is 6.22. The molecule has 2 atom stereocenters. The highest BCUT2D eigenvalue weighted by atomic mass is 16.6. The Kier molecular flexibility index (Phi) is 4.60. The van der Waals surface area contributed by atoms with Crippen molar-refractivity contribution in [1.82, 2.24) is 4.90 Å². The van der Waals surface area contributed by atoms with Crippen LogP contribution in [0.1, 0.15) is 38.7 Å². The highest BCUT2D eigenvalue weighted by molar-refractivity contribution is 5.66. The Bertz CT molecular complexity index is 480.